The molecule has 7 nitrogen and oxygen atoms in total. The van der Waals surface area contributed by atoms with Crippen LogP contribution in [0.3, 0.4) is 0 Å². The van der Waals surface area contributed by atoms with Gasteiger partial charge in [0.05, 0.1) is 10.0 Å². The van der Waals surface area contributed by atoms with Gasteiger partial charge < -0.3 is 16.0 Å². The van der Waals surface area contributed by atoms with Crippen LogP contribution < -0.4 is 16.0 Å². The smallest absolute Gasteiger partial charge is 0.252 e. The molecule has 3 rings (SSSR count). The molecule has 4 N–H and O–H groups in total. The van der Waals surface area contributed by atoms with Gasteiger partial charge in [0, 0.05) is 17.5 Å². The van der Waals surface area contributed by atoms with Crippen LogP contribution in [-0.4, -0.2) is 23.6 Å². The van der Waals surface area contributed by atoms with Crippen LogP contribution in [0.15, 0.2) is 72.8 Å². The number of amides is 3. The van der Waals surface area contributed by atoms with Crippen molar-refractivity contribution in [2.24, 2.45) is 0 Å². The maximum absolute atomic E-state index is 13.3. The highest BCUT2D eigenvalue weighted by Gasteiger charge is 2.29. The Labute approximate surface area is 217 Å². The maximum atomic E-state index is 13.3. The Morgan fingerprint density at radius 2 is 1.40 bits per heavy atom. The van der Waals surface area contributed by atoms with Crippen molar-refractivity contribution in [3.05, 3.63) is 105 Å². The standard InChI is InChI=1S/C25H21Cl3N4O3/c1-14(33)30-21(17-10-11-19(27)20(28)13-17)24(34)31-22(16-8-5-9-18(26)12-16)25(35)32-23(29)15-6-3-2-4-7-15/h2-13,21-22H,1H3,(H,30,33)(H,31,34)(H2,29,32,35). The van der Waals surface area contributed by atoms with Gasteiger partial charge in [-0.3, -0.25) is 19.8 Å². The summed E-state index contributed by atoms with van der Waals surface area (Å²) >= 11 is 18.2. The van der Waals surface area contributed by atoms with Crippen molar-refractivity contribution in [3.8, 4) is 0 Å². The lowest BCUT2D eigenvalue weighted by molar-refractivity contribution is -0.131. The summed E-state index contributed by atoms with van der Waals surface area (Å²) in [6.45, 7) is 1.26. The van der Waals surface area contributed by atoms with Gasteiger partial charge in [-0.05, 0) is 35.4 Å². The number of hydrogen-bond acceptors (Lipinski definition) is 4. The summed E-state index contributed by atoms with van der Waals surface area (Å²) in [7, 11) is 0. The zero-order valence-corrected chi connectivity index (χ0v) is 20.7. The van der Waals surface area contributed by atoms with Crippen LogP contribution in [0.1, 0.15) is 35.7 Å². The lowest BCUT2D eigenvalue weighted by atomic mass is 10.0. The van der Waals surface area contributed by atoms with E-state index in [1.165, 1.54) is 25.1 Å². The second-order valence-electron chi connectivity index (χ2n) is 7.53. The SMILES string of the molecule is CC(=O)NC(C(=O)NC(C(=O)NC(=N)c1ccccc1)c1cccc(Cl)c1)c1ccc(Cl)c(Cl)c1. The molecule has 3 amide bonds. The predicted octanol–water partition coefficient (Wildman–Crippen LogP) is 4.82. The fourth-order valence-electron chi connectivity index (χ4n) is 3.28. The van der Waals surface area contributed by atoms with Gasteiger partial charge in [-0.25, -0.2) is 0 Å². The quantitative estimate of drug-likeness (QED) is 0.259. The number of benzene rings is 3. The third-order valence-electron chi connectivity index (χ3n) is 4.93. The van der Waals surface area contributed by atoms with Crippen molar-refractivity contribution in [1.82, 2.24) is 16.0 Å². The lowest BCUT2D eigenvalue weighted by Gasteiger charge is -2.24. The van der Waals surface area contributed by atoms with E-state index in [0.717, 1.165) is 0 Å². The summed E-state index contributed by atoms with van der Waals surface area (Å²) in [5, 5.41) is 16.8. The molecule has 0 aromatic heterocycles. The van der Waals surface area contributed by atoms with E-state index in [4.69, 9.17) is 40.2 Å². The second kappa shape index (κ2) is 11.8. The minimum atomic E-state index is -1.22. The van der Waals surface area contributed by atoms with Crippen molar-refractivity contribution >= 4 is 58.4 Å². The molecule has 2 atom stereocenters. The topological polar surface area (TPSA) is 111 Å². The molecular weight excluding hydrogens is 511 g/mol. The minimum absolute atomic E-state index is 0.139. The highest BCUT2D eigenvalue weighted by molar-refractivity contribution is 6.42. The minimum Gasteiger partial charge on any atom is -0.341 e. The van der Waals surface area contributed by atoms with E-state index < -0.39 is 29.8 Å². The first-order valence-electron chi connectivity index (χ1n) is 10.4. The molecule has 0 radical (unpaired) electrons. The highest BCUT2D eigenvalue weighted by Crippen LogP contribution is 2.27. The van der Waals surface area contributed by atoms with Crippen molar-refractivity contribution in [3.63, 3.8) is 0 Å². The van der Waals surface area contributed by atoms with Gasteiger partial charge in [-0.2, -0.15) is 0 Å². The Morgan fingerprint density at radius 1 is 0.743 bits per heavy atom. The molecule has 10 heteroatoms. The number of nitrogens with one attached hydrogen (secondary N) is 4. The number of carbonyl (C=O) groups excluding carboxylic acids is 3. The third-order valence-corrected chi connectivity index (χ3v) is 5.90. The van der Waals surface area contributed by atoms with Crippen LogP contribution in [0.2, 0.25) is 15.1 Å². The highest BCUT2D eigenvalue weighted by atomic mass is 35.5. The van der Waals surface area contributed by atoms with Crippen LogP contribution in [0.5, 0.6) is 0 Å². The van der Waals surface area contributed by atoms with Crippen molar-refractivity contribution in [2.45, 2.75) is 19.0 Å². The predicted molar refractivity (Wildman–Crippen MR) is 137 cm³/mol. The first kappa shape index (κ1) is 26.2. The molecule has 0 saturated carbocycles. The number of amidine groups is 1. The number of carbonyl (C=O) groups is 3. The Bertz CT molecular complexity index is 1270. The fourth-order valence-corrected chi connectivity index (χ4v) is 3.79. The summed E-state index contributed by atoms with van der Waals surface area (Å²) in [6.07, 6.45) is 0. The van der Waals surface area contributed by atoms with E-state index in [0.29, 0.717) is 21.7 Å². The number of hydrogen-bond donors (Lipinski definition) is 4. The van der Waals surface area contributed by atoms with E-state index in [9.17, 15) is 14.4 Å². The molecule has 0 heterocycles. The summed E-state index contributed by atoms with van der Waals surface area (Å²) < 4.78 is 0. The zero-order chi connectivity index (χ0) is 25.5. The van der Waals surface area contributed by atoms with Crippen LogP contribution in [0.4, 0.5) is 0 Å². The Morgan fingerprint density at radius 3 is 2.03 bits per heavy atom. The fraction of sp³-hybridized carbons (Fsp3) is 0.120. The summed E-state index contributed by atoms with van der Waals surface area (Å²) in [5.41, 5.74) is 1.25. The lowest BCUT2D eigenvalue weighted by Crippen LogP contribution is -2.46. The molecular formula is C25H21Cl3N4O3. The van der Waals surface area contributed by atoms with Crippen LogP contribution in [0, 0.1) is 5.41 Å². The van der Waals surface area contributed by atoms with Crippen molar-refractivity contribution < 1.29 is 14.4 Å². The maximum Gasteiger partial charge on any atom is 0.252 e. The van der Waals surface area contributed by atoms with Gasteiger partial charge >= 0.3 is 0 Å². The average molecular weight is 532 g/mol. The third kappa shape index (κ3) is 7.05. The molecule has 180 valence electrons. The number of rotatable bonds is 7. The molecule has 0 aliphatic heterocycles. The molecule has 0 aliphatic carbocycles. The normalized spacial score (nSPS) is 12.2. The van der Waals surface area contributed by atoms with Gasteiger partial charge in [0.1, 0.15) is 17.9 Å². The summed E-state index contributed by atoms with van der Waals surface area (Å²) in [6, 6.07) is 17.2. The van der Waals surface area contributed by atoms with Gasteiger partial charge in [-0.1, -0.05) is 83.3 Å². The van der Waals surface area contributed by atoms with Crippen LogP contribution in [0.25, 0.3) is 0 Å². The Hall–Kier alpha value is -3.39. The van der Waals surface area contributed by atoms with Crippen LogP contribution in [-0.2, 0) is 14.4 Å². The molecule has 0 fully saturated rings. The first-order chi connectivity index (χ1) is 16.7. The molecule has 0 saturated heterocycles. The molecule has 3 aromatic rings. The molecule has 0 bridgehead atoms. The number of halogens is 3. The van der Waals surface area contributed by atoms with Gasteiger partial charge in [0.15, 0.2) is 0 Å². The molecule has 2 unspecified atom stereocenters. The Balaban J connectivity index is 1.92. The van der Waals surface area contributed by atoms with Crippen LogP contribution >= 0.6 is 34.8 Å². The van der Waals surface area contributed by atoms with E-state index in [-0.39, 0.29) is 15.9 Å². The average Bonchev–Trinajstić information content (AvgIpc) is 2.83. The second-order valence-corrected chi connectivity index (χ2v) is 8.78. The Kier molecular flexibility index (Phi) is 8.87. The van der Waals surface area contributed by atoms with Gasteiger partial charge in [0.25, 0.3) is 5.91 Å². The van der Waals surface area contributed by atoms with E-state index in [1.807, 2.05) is 0 Å². The molecule has 0 aliphatic rings. The molecule has 0 spiro atoms. The molecule has 35 heavy (non-hydrogen) atoms. The van der Waals surface area contributed by atoms with E-state index in [1.54, 1.807) is 54.6 Å². The van der Waals surface area contributed by atoms with E-state index in [2.05, 4.69) is 16.0 Å². The van der Waals surface area contributed by atoms with Gasteiger partial charge in [0.2, 0.25) is 11.8 Å². The summed E-state index contributed by atoms with van der Waals surface area (Å²) in [5.74, 6) is -1.94. The van der Waals surface area contributed by atoms with E-state index >= 15 is 0 Å². The first-order valence-corrected chi connectivity index (χ1v) is 11.5. The summed E-state index contributed by atoms with van der Waals surface area (Å²) in [4.78, 5) is 38.4. The van der Waals surface area contributed by atoms with Gasteiger partial charge in [-0.15, -0.1) is 0 Å². The largest absolute Gasteiger partial charge is 0.341 e. The zero-order valence-electron chi connectivity index (χ0n) is 18.4. The monoisotopic (exact) mass is 530 g/mol. The molecule has 3 aromatic carbocycles. The van der Waals surface area contributed by atoms with Crippen molar-refractivity contribution in [2.75, 3.05) is 0 Å². The van der Waals surface area contributed by atoms with Crippen molar-refractivity contribution in [1.29, 1.82) is 5.41 Å².